The average molecular weight is 411 g/mol. The van der Waals surface area contributed by atoms with Crippen molar-refractivity contribution >= 4 is 24.1 Å². The maximum Gasteiger partial charge on any atom is 0.414 e. The largest absolute Gasteiger partial charge is 0.494 e. The second-order valence-corrected chi connectivity index (χ2v) is 7.03. The number of carbonyl (C=O) groups is 2. The number of piperidine rings is 1. The Labute approximate surface area is 177 Å². The van der Waals surface area contributed by atoms with E-state index in [0.29, 0.717) is 0 Å². The molecule has 0 bridgehead atoms. The second kappa shape index (κ2) is 13.2. The van der Waals surface area contributed by atoms with Crippen molar-refractivity contribution in [1.82, 2.24) is 4.90 Å². The molecule has 1 aliphatic heterocycles. The summed E-state index contributed by atoms with van der Waals surface area (Å²) in [6, 6.07) is 18.7. The van der Waals surface area contributed by atoms with Crippen LogP contribution in [-0.2, 0) is 9.59 Å². The molecule has 0 saturated carbocycles. The van der Waals surface area contributed by atoms with Gasteiger partial charge in [0.1, 0.15) is 5.75 Å². The van der Waals surface area contributed by atoms with Crippen molar-refractivity contribution in [2.45, 2.75) is 25.7 Å². The number of carboxylic acid groups (broad SMARTS) is 2. The van der Waals surface area contributed by atoms with E-state index < -0.39 is 11.9 Å². The molecule has 2 aromatic rings. The van der Waals surface area contributed by atoms with Gasteiger partial charge >= 0.3 is 11.9 Å². The summed E-state index contributed by atoms with van der Waals surface area (Å²) in [5.41, 5.74) is 2.41. The Balaban J connectivity index is 0.000000469. The summed E-state index contributed by atoms with van der Waals surface area (Å²) in [5, 5.41) is 14.8. The van der Waals surface area contributed by atoms with Crippen LogP contribution in [0, 0.1) is 0 Å². The molecule has 1 fully saturated rings. The predicted molar refractivity (Wildman–Crippen MR) is 117 cm³/mol. The first-order chi connectivity index (χ1) is 14.5. The van der Waals surface area contributed by atoms with E-state index >= 15 is 0 Å². The zero-order chi connectivity index (χ0) is 21.6. The number of likely N-dealkylation sites (tertiary alicyclic amines) is 1. The molecule has 2 N–H and O–H groups in total. The van der Waals surface area contributed by atoms with Crippen LogP contribution in [0.15, 0.2) is 54.6 Å². The normalized spacial score (nSPS) is 14.0. The molecule has 1 saturated heterocycles. The summed E-state index contributed by atoms with van der Waals surface area (Å²) in [6.45, 7) is 4.50. The van der Waals surface area contributed by atoms with Crippen molar-refractivity contribution in [3.05, 3.63) is 65.7 Å². The van der Waals surface area contributed by atoms with Crippen LogP contribution >= 0.6 is 0 Å². The summed E-state index contributed by atoms with van der Waals surface area (Å²) in [4.78, 5) is 20.8. The van der Waals surface area contributed by atoms with Gasteiger partial charge < -0.3 is 19.8 Å². The third-order valence-corrected chi connectivity index (χ3v) is 4.67. The summed E-state index contributed by atoms with van der Waals surface area (Å²) >= 11 is 0. The lowest BCUT2D eigenvalue weighted by molar-refractivity contribution is -0.159. The van der Waals surface area contributed by atoms with Gasteiger partial charge in [0.2, 0.25) is 0 Å². The Morgan fingerprint density at radius 1 is 0.833 bits per heavy atom. The van der Waals surface area contributed by atoms with Crippen LogP contribution in [0.2, 0.25) is 0 Å². The first-order valence-corrected chi connectivity index (χ1v) is 10.2. The van der Waals surface area contributed by atoms with Gasteiger partial charge in [0.05, 0.1) is 6.61 Å². The maximum atomic E-state index is 9.10. The lowest BCUT2D eigenvalue weighted by Crippen LogP contribution is -2.31. The molecule has 0 spiro atoms. The number of hydrogen-bond acceptors (Lipinski definition) is 4. The van der Waals surface area contributed by atoms with Crippen LogP contribution in [0.25, 0.3) is 12.2 Å². The van der Waals surface area contributed by atoms with Crippen molar-refractivity contribution in [1.29, 1.82) is 0 Å². The predicted octanol–water partition coefficient (Wildman–Crippen LogP) is 4.27. The van der Waals surface area contributed by atoms with Crippen molar-refractivity contribution in [3.63, 3.8) is 0 Å². The number of rotatable bonds is 7. The van der Waals surface area contributed by atoms with Crippen molar-refractivity contribution in [2.75, 3.05) is 26.2 Å². The number of carboxylic acids is 2. The summed E-state index contributed by atoms with van der Waals surface area (Å²) in [7, 11) is 0. The van der Waals surface area contributed by atoms with E-state index in [1.165, 1.54) is 43.5 Å². The van der Waals surface area contributed by atoms with E-state index in [2.05, 4.69) is 65.6 Å². The highest BCUT2D eigenvalue weighted by Crippen LogP contribution is 2.15. The third kappa shape index (κ3) is 9.39. The van der Waals surface area contributed by atoms with E-state index in [4.69, 9.17) is 24.5 Å². The molecule has 0 aliphatic carbocycles. The molecule has 6 heteroatoms. The standard InChI is InChI=1S/C22H27NO.C2H2O4/c1-3-8-20(9-4-1)10-11-21-12-14-22(15-13-21)24-19-7-18-23-16-5-2-6-17-23;3-1(4)2(5)6/h1,3-4,8-15H,2,5-7,16-19H2;(H,3,4)(H,5,6)/b11-10+;. The van der Waals surface area contributed by atoms with Gasteiger partial charge in [-0.15, -0.1) is 0 Å². The molecule has 6 nitrogen and oxygen atoms in total. The Hall–Kier alpha value is -3.12. The molecule has 0 radical (unpaired) electrons. The topological polar surface area (TPSA) is 87.1 Å². The molecule has 0 unspecified atom stereocenters. The van der Waals surface area contributed by atoms with E-state index in [-0.39, 0.29) is 0 Å². The lowest BCUT2D eigenvalue weighted by Gasteiger charge is -2.26. The first-order valence-electron chi connectivity index (χ1n) is 10.2. The van der Waals surface area contributed by atoms with Gasteiger partial charge in [-0.1, -0.05) is 61.0 Å². The number of hydrogen-bond donors (Lipinski definition) is 2. The van der Waals surface area contributed by atoms with Crippen molar-refractivity contribution in [2.24, 2.45) is 0 Å². The molecule has 0 aromatic heterocycles. The zero-order valence-electron chi connectivity index (χ0n) is 17.1. The van der Waals surface area contributed by atoms with Crippen LogP contribution in [0.3, 0.4) is 0 Å². The fourth-order valence-electron chi connectivity index (χ4n) is 3.09. The number of benzene rings is 2. The Bertz CT molecular complexity index is 784. The highest BCUT2D eigenvalue weighted by molar-refractivity contribution is 6.27. The summed E-state index contributed by atoms with van der Waals surface area (Å²) in [6.07, 6.45) is 9.50. The molecule has 1 aliphatic rings. The van der Waals surface area contributed by atoms with Gasteiger partial charge in [-0.25, -0.2) is 9.59 Å². The van der Waals surface area contributed by atoms with Gasteiger partial charge in [-0.3, -0.25) is 0 Å². The van der Waals surface area contributed by atoms with Crippen LogP contribution < -0.4 is 4.74 Å². The SMILES string of the molecule is C(=C\c1ccc(OCCCN2CCCCC2)cc1)/c1ccccc1.O=C(O)C(=O)O. The zero-order valence-corrected chi connectivity index (χ0v) is 17.1. The molecule has 0 atom stereocenters. The van der Waals surface area contributed by atoms with E-state index in [1.807, 2.05) is 6.07 Å². The van der Waals surface area contributed by atoms with Gasteiger partial charge in [0, 0.05) is 6.54 Å². The smallest absolute Gasteiger partial charge is 0.414 e. The molecule has 160 valence electrons. The van der Waals surface area contributed by atoms with Gasteiger partial charge in [-0.05, 0) is 55.6 Å². The molecule has 0 amide bonds. The molecule has 1 heterocycles. The van der Waals surface area contributed by atoms with Crippen LogP contribution in [0.1, 0.15) is 36.8 Å². The summed E-state index contributed by atoms with van der Waals surface area (Å²) in [5.74, 6) is -2.68. The van der Waals surface area contributed by atoms with E-state index in [9.17, 15) is 0 Å². The van der Waals surface area contributed by atoms with Crippen molar-refractivity contribution in [3.8, 4) is 5.75 Å². The fourth-order valence-corrected chi connectivity index (χ4v) is 3.09. The summed E-state index contributed by atoms with van der Waals surface area (Å²) < 4.78 is 5.86. The van der Waals surface area contributed by atoms with E-state index in [1.54, 1.807) is 0 Å². The fraction of sp³-hybridized carbons (Fsp3) is 0.333. The van der Waals surface area contributed by atoms with Gasteiger partial charge in [0.15, 0.2) is 0 Å². The maximum absolute atomic E-state index is 9.10. The Morgan fingerprint density at radius 3 is 1.97 bits per heavy atom. The number of nitrogens with zero attached hydrogens (tertiary/aromatic N) is 1. The first kappa shape index (κ1) is 23.2. The molecule has 2 aromatic carbocycles. The Morgan fingerprint density at radius 2 is 1.40 bits per heavy atom. The van der Waals surface area contributed by atoms with Crippen LogP contribution in [-0.4, -0.2) is 53.3 Å². The van der Waals surface area contributed by atoms with Crippen LogP contribution in [0.5, 0.6) is 5.75 Å². The van der Waals surface area contributed by atoms with Crippen LogP contribution in [0.4, 0.5) is 0 Å². The minimum absolute atomic E-state index is 0.801. The molecular weight excluding hydrogens is 382 g/mol. The Kier molecular flexibility index (Phi) is 10.2. The highest BCUT2D eigenvalue weighted by atomic mass is 16.5. The minimum Gasteiger partial charge on any atom is -0.494 e. The minimum atomic E-state index is -1.82. The molecule has 30 heavy (non-hydrogen) atoms. The third-order valence-electron chi connectivity index (χ3n) is 4.67. The van der Waals surface area contributed by atoms with Crippen molar-refractivity contribution < 1.29 is 24.5 Å². The monoisotopic (exact) mass is 411 g/mol. The number of aliphatic carboxylic acids is 2. The molecular formula is C24H29NO5. The van der Waals surface area contributed by atoms with Gasteiger partial charge in [0.25, 0.3) is 0 Å². The second-order valence-electron chi connectivity index (χ2n) is 7.03. The van der Waals surface area contributed by atoms with Gasteiger partial charge in [-0.2, -0.15) is 0 Å². The molecule has 3 rings (SSSR count). The lowest BCUT2D eigenvalue weighted by atomic mass is 10.1. The van der Waals surface area contributed by atoms with E-state index in [0.717, 1.165) is 25.3 Å². The average Bonchev–Trinajstić information content (AvgIpc) is 2.78. The highest BCUT2D eigenvalue weighted by Gasteiger charge is 2.09. The quantitative estimate of drug-likeness (QED) is 0.402. The number of ether oxygens (including phenoxy) is 1.